The minimum absolute atomic E-state index is 0.0434. The van der Waals surface area contributed by atoms with Crippen molar-refractivity contribution in [3.8, 4) is 0 Å². The van der Waals surface area contributed by atoms with E-state index < -0.39 is 11.6 Å². The van der Waals surface area contributed by atoms with Crippen LogP contribution in [0.1, 0.15) is 12.8 Å². The zero-order valence-corrected chi connectivity index (χ0v) is 10.7. The molecule has 1 aliphatic carbocycles. The summed E-state index contributed by atoms with van der Waals surface area (Å²) in [5.41, 5.74) is 0.374. The second kappa shape index (κ2) is 4.41. The molecular formula is C12H11F2N3OS. The van der Waals surface area contributed by atoms with Crippen molar-refractivity contribution in [2.24, 2.45) is 0 Å². The Bertz CT molecular complexity index is 718. The Morgan fingerprint density at radius 3 is 2.89 bits per heavy atom. The number of amides is 1. The summed E-state index contributed by atoms with van der Waals surface area (Å²) in [7, 11) is 0. The number of fused-ring (bicyclic) bond motifs is 1. The molecule has 7 heteroatoms. The van der Waals surface area contributed by atoms with Crippen molar-refractivity contribution in [2.75, 3.05) is 0 Å². The highest BCUT2D eigenvalue weighted by Crippen LogP contribution is 2.21. The molecule has 2 aromatic rings. The second-order valence-electron chi connectivity index (χ2n) is 4.64. The number of hydrogen-bond acceptors (Lipinski definition) is 2. The van der Waals surface area contributed by atoms with Gasteiger partial charge < -0.3 is 14.9 Å². The molecule has 0 spiro atoms. The maximum Gasteiger partial charge on any atom is 0.240 e. The second-order valence-corrected chi connectivity index (χ2v) is 5.03. The average Bonchev–Trinajstić information content (AvgIpc) is 3.07. The molecule has 1 aliphatic rings. The van der Waals surface area contributed by atoms with Gasteiger partial charge >= 0.3 is 0 Å². The summed E-state index contributed by atoms with van der Waals surface area (Å²) in [5, 5.41) is 2.81. The molecule has 0 bridgehead atoms. The monoisotopic (exact) mass is 283 g/mol. The lowest BCUT2D eigenvalue weighted by Crippen LogP contribution is -2.29. The molecule has 1 amide bonds. The average molecular weight is 283 g/mol. The number of imidazole rings is 1. The Balaban J connectivity index is 1.99. The largest absolute Gasteiger partial charge is 0.352 e. The molecule has 0 atom stereocenters. The van der Waals surface area contributed by atoms with Crippen molar-refractivity contribution in [1.29, 1.82) is 0 Å². The predicted molar refractivity (Wildman–Crippen MR) is 68.2 cm³/mol. The third kappa shape index (κ3) is 2.37. The smallest absolute Gasteiger partial charge is 0.240 e. The van der Waals surface area contributed by atoms with E-state index in [9.17, 15) is 13.6 Å². The molecule has 19 heavy (non-hydrogen) atoms. The van der Waals surface area contributed by atoms with Gasteiger partial charge in [-0.05, 0) is 31.1 Å². The van der Waals surface area contributed by atoms with Crippen molar-refractivity contribution in [3.63, 3.8) is 0 Å². The van der Waals surface area contributed by atoms with Gasteiger partial charge in [-0.25, -0.2) is 8.78 Å². The molecule has 0 aliphatic heterocycles. The summed E-state index contributed by atoms with van der Waals surface area (Å²) in [6.07, 6.45) is 1.96. The molecular weight excluding hydrogens is 272 g/mol. The predicted octanol–water partition coefficient (Wildman–Crippen LogP) is 2.26. The first-order valence-electron chi connectivity index (χ1n) is 5.91. The number of H-pyrrole nitrogens is 1. The van der Waals surface area contributed by atoms with E-state index in [1.54, 1.807) is 0 Å². The Morgan fingerprint density at radius 2 is 2.21 bits per heavy atom. The Morgan fingerprint density at radius 1 is 1.47 bits per heavy atom. The van der Waals surface area contributed by atoms with E-state index in [0.717, 1.165) is 25.0 Å². The maximum atomic E-state index is 13.6. The lowest BCUT2D eigenvalue weighted by Gasteiger charge is -2.05. The number of halogens is 2. The van der Waals surface area contributed by atoms with Crippen LogP contribution in [-0.2, 0) is 11.3 Å². The number of benzene rings is 1. The summed E-state index contributed by atoms with van der Waals surface area (Å²) in [4.78, 5) is 14.4. The van der Waals surface area contributed by atoms with E-state index in [4.69, 9.17) is 12.2 Å². The van der Waals surface area contributed by atoms with Crippen LogP contribution in [-0.4, -0.2) is 21.5 Å². The first-order chi connectivity index (χ1) is 9.04. The number of carbonyl (C=O) groups excluding carboxylic acids is 1. The quantitative estimate of drug-likeness (QED) is 0.849. The van der Waals surface area contributed by atoms with E-state index in [1.165, 1.54) is 4.57 Å². The highest BCUT2D eigenvalue weighted by molar-refractivity contribution is 7.71. The molecule has 3 rings (SSSR count). The lowest BCUT2D eigenvalue weighted by molar-refractivity contribution is -0.121. The first-order valence-corrected chi connectivity index (χ1v) is 6.32. The lowest BCUT2D eigenvalue weighted by atomic mass is 10.3. The van der Waals surface area contributed by atoms with Crippen molar-refractivity contribution < 1.29 is 13.6 Å². The van der Waals surface area contributed by atoms with Crippen LogP contribution >= 0.6 is 12.2 Å². The van der Waals surface area contributed by atoms with Gasteiger partial charge in [-0.15, -0.1) is 0 Å². The van der Waals surface area contributed by atoms with Gasteiger partial charge in [0.15, 0.2) is 10.6 Å². The molecule has 2 N–H and O–H groups in total. The number of carbonyl (C=O) groups is 1. The van der Waals surface area contributed by atoms with Gasteiger partial charge in [-0.2, -0.15) is 0 Å². The number of hydrogen-bond donors (Lipinski definition) is 2. The van der Waals surface area contributed by atoms with Crippen molar-refractivity contribution in [2.45, 2.75) is 25.4 Å². The number of aromatic amines is 1. The fourth-order valence-corrected chi connectivity index (χ4v) is 2.25. The van der Waals surface area contributed by atoms with E-state index in [0.29, 0.717) is 0 Å². The Labute approximate surface area is 112 Å². The maximum absolute atomic E-state index is 13.6. The zero-order valence-electron chi connectivity index (χ0n) is 9.87. The highest BCUT2D eigenvalue weighted by Gasteiger charge is 2.23. The number of nitrogens with one attached hydrogen (secondary N) is 2. The van der Waals surface area contributed by atoms with Crippen molar-refractivity contribution >= 4 is 29.2 Å². The Kier molecular flexibility index (Phi) is 2.85. The zero-order chi connectivity index (χ0) is 13.6. The van der Waals surface area contributed by atoms with Crippen molar-refractivity contribution in [1.82, 2.24) is 14.9 Å². The van der Waals surface area contributed by atoms with Gasteiger partial charge in [-0.1, -0.05) is 0 Å². The molecule has 1 fully saturated rings. The van der Waals surface area contributed by atoms with Crippen LogP contribution in [0.4, 0.5) is 8.78 Å². The van der Waals surface area contributed by atoms with Crippen LogP contribution < -0.4 is 5.32 Å². The van der Waals surface area contributed by atoms with Crippen LogP contribution in [0.3, 0.4) is 0 Å². The highest BCUT2D eigenvalue weighted by atomic mass is 32.1. The van der Waals surface area contributed by atoms with E-state index in [1.807, 2.05) is 0 Å². The fraction of sp³-hybridized carbons (Fsp3) is 0.333. The number of nitrogens with zero attached hydrogens (tertiary/aromatic N) is 1. The SMILES string of the molecule is O=C(Cn1c(=S)[nH]c2c(F)cc(F)cc21)NC1CC1. The number of rotatable bonds is 3. The first kappa shape index (κ1) is 12.3. The van der Waals surface area contributed by atoms with Gasteiger partial charge in [0, 0.05) is 12.1 Å². The molecule has 1 aromatic heterocycles. The summed E-state index contributed by atoms with van der Waals surface area (Å²) in [5.74, 6) is -1.62. The van der Waals surface area contributed by atoms with Gasteiger partial charge in [0.2, 0.25) is 5.91 Å². The van der Waals surface area contributed by atoms with Gasteiger partial charge in [0.1, 0.15) is 17.9 Å². The molecule has 1 saturated carbocycles. The van der Waals surface area contributed by atoms with E-state index in [2.05, 4.69) is 10.3 Å². The molecule has 100 valence electrons. The molecule has 0 saturated heterocycles. The van der Waals surface area contributed by atoms with Crippen LogP contribution in [0.15, 0.2) is 12.1 Å². The third-order valence-electron chi connectivity index (χ3n) is 3.05. The molecule has 0 unspecified atom stereocenters. The van der Waals surface area contributed by atoms with E-state index >= 15 is 0 Å². The van der Waals surface area contributed by atoms with Gasteiger partial charge in [0.05, 0.1) is 5.52 Å². The van der Waals surface area contributed by atoms with Crippen LogP contribution in [0, 0.1) is 16.4 Å². The van der Waals surface area contributed by atoms with Crippen LogP contribution in [0.25, 0.3) is 11.0 Å². The molecule has 4 nitrogen and oxygen atoms in total. The summed E-state index contributed by atoms with van der Waals surface area (Å²) >= 11 is 5.04. The molecule has 1 heterocycles. The standard InChI is InChI=1S/C12H11F2N3OS/c13-6-3-8(14)11-9(4-6)17(12(19)16-11)5-10(18)15-7-1-2-7/h3-4,7H,1-2,5H2,(H,15,18)(H,16,19). The van der Waals surface area contributed by atoms with Gasteiger partial charge in [0.25, 0.3) is 0 Å². The molecule has 0 radical (unpaired) electrons. The topological polar surface area (TPSA) is 49.8 Å². The third-order valence-corrected chi connectivity index (χ3v) is 3.37. The fourth-order valence-electron chi connectivity index (χ4n) is 1.98. The number of aromatic nitrogens is 2. The van der Waals surface area contributed by atoms with E-state index in [-0.39, 0.29) is 34.3 Å². The summed E-state index contributed by atoms with van der Waals surface area (Å²) in [6.45, 7) is -0.0434. The minimum atomic E-state index is -0.720. The summed E-state index contributed by atoms with van der Waals surface area (Å²) in [6, 6.07) is 2.18. The Hall–Kier alpha value is -1.76. The van der Waals surface area contributed by atoms with Crippen LogP contribution in [0.2, 0.25) is 0 Å². The normalized spacial score (nSPS) is 14.8. The van der Waals surface area contributed by atoms with Crippen molar-refractivity contribution in [3.05, 3.63) is 28.5 Å². The van der Waals surface area contributed by atoms with Crippen LogP contribution in [0.5, 0.6) is 0 Å². The van der Waals surface area contributed by atoms with Gasteiger partial charge in [-0.3, -0.25) is 4.79 Å². The summed E-state index contributed by atoms with van der Waals surface area (Å²) < 4.78 is 28.4. The minimum Gasteiger partial charge on any atom is -0.352 e. The molecule has 1 aromatic carbocycles.